The van der Waals surface area contributed by atoms with Crippen molar-refractivity contribution in [3.63, 3.8) is 0 Å². The van der Waals surface area contributed by atoms with Gasteiger partial charge in [-0.2, -0.15) is 0 Å². The van der Waals surface area contributed by atoms with Crippen molar-refractivity contribution in [1.29, 1.82) is 0 Å². The molecule has 0 fully saturated rings. The highest BCUT2D eigenvalue weighted by molar-refractivity contribution is 5.95. The number of ether oxygens (including phenoxy) is 2. The molecule has 0 spiro atoms. The standard InChI is InChI=1S/C34H33N3O5/c1-34(2,3)42-33(40)37-22-25(27-13-9-10-14-28(27)37)20-30-31(38)35(4)29(19-23-15-17-26(41-5)18-16-23)32(39)36(30)21-24-11-7-6-8-12-24/h6-20,22H,21H2,1-5H3. The molecule has 0 atom stereocenters. The molecule has 5 rings (SSSR count). The average Bonchev–Trinajstić information content (AvgIpc) is 3.34. The maximum absolute atomic E-state index is 14.1. The largest absolute Gasteiger partial charge is 0.497 e. The summed E-state index contributed by atoms with van der Waals surface area (Å²) in [5.74, 6) is 0.693. The fraction of sp³-hybridized carbons (Fsp3) is 0.206. The van der Waals surface area contributed by atoms with Crippen LogP contribution in [0.1, 0.15) is 37.5 Å². The lowest BCUT2D eigenvalue weighted by Crippen LogP contribution is -2.57. The lowest BCUT2D eigenvalue weighted by Gasteiger charge is -2.19. The second kappa shape index (κ2) is 11.4. The molecule has 8 nitrogen and oxygen atoms in total. The lowest BCUT2D eigenvalue weighted by atomic mass is 10.1. The molecule has 0 saturated heterocycles. The minimum Gasteiger partial charge on any atom is -0.497 e. The molecule has 3 aromatic carbocycles. The molecule has 0 amide bonds. The molecular weight excluding hydrogens is 530 g/mol. The first-order valence-corrected chi connectivity index (χ1v) is 13.6. The first kappa shape index (κ1) is 28.4. The van der Waals surface area contributed by atoms with Crippen molar-refractivity contribution in [3.8, 4) is 5.75 Å². The van der Waals surface area contributed by atoms with Gasteiger partial charge in [0.1, 0.15) is 22.0 Å². The van der Waals surface area contributed by atoms with E-state index in [-0.39, 0.29) is 28.4 Å². The Labute approximate surface area is 243 Å². The molecular formula is C34H33N3O5. The van der Waals surface area contributed by atoms with Gasteiger partial charge in [0.25, 0.3) is 11.1 Å². The molecule has 0 aliphatic rings. The van der Waals surface area contributed by atoms with Gasteiger partial charge in [-0.15, -0.1) is 0 Å². The van der Waals surface area contributed by atoms with Crippen molar-refractivity contribution >= 4 is 29.1 Å². The number of rotatable bonds is 5. The van der Waals surface area contributed by atoms with E-state index in [0.29, 0.717) is 16.8 Å². The monoisotopic (exact) mass is 563 g/mol. The van der Waals surface area contributed by atoms with Crippen LogP contribution in [-0.4, -0.2) is 32.5 Å². The van der Waals surface area contributed by atoms with Crippen LogP contribution in [0, 0.1) is 0 Å². The molecule has 2 aromatic heterocycles. The molecule has 0 aliphatic carbocycles. The average molecular weight is 564 g/mol. The van der Waals surface area contributed by atoms with Crippen LogP contribution in [0.25, 0.3) is 23.1 Å². The zero-order valence-electron chi connectivity index (χ0n) is 24.3. The highest BCUT2D eigenvalue weighted by atomic mass is 16.6. The Hall–Kier alpha value is -5.11. The summed E-state index contributed by atoms with van der Waals surface area (Å²) < 4.78 is 15.2. The second-order valence-electron chi connectivity index (χ2n) is 11.0. The van der Waals surface area contributed by atoms with Gasteiger partial charge in [-0.05, 0) is 62.2 Å². The van der Waals surface area contributed by atoms with Crippen LogP contribution < -0.4 is 26.6 Å². The molecule has 0 saturated carbocycles. The van der Waals surface area contributed by atoms with E-state index in [0.717, 1.165) is 16.5 Å². The summed E-state index contributed by atoms with van der Waals surface area (Å²) in [6.07, 6.45) is 4.49. The first-order valence-electron chi connectivity index (χ1n) is 13.6. The number of carbonyl (C=O) groups excluding carboxylic acids is 1. The summed E-state index contributed by atoms with van der Waals surface area (Å²) in [5, 5.41) is 1.19. The Morgan fingerprint density at radius 1 is 0.833 bits per heavy atom. The topological polar surface area (TPSA) is 84.5 Å². The Kier molecular flexibility index (Phi) is 7.72. The normalized spacial score (nSPS) is 12.6. The van der Waals surface area contributed by atoms with E-state index in [1.54, 1.807) is 65.4 Å². The van der Waals surface area contributed by atoms with Crippen LogP contribution in [0.15, 0.2) is 94.6 Å². The van der Waals surface area contributed by atoms with Crippen molar-refractivity contribution in [2.45, 2.75) is 32.9 Å². The summed E-state index contributed by atoms with van der Waals surface area (Å²) in [7, 11) is 3.18. The number of carbonyl (C=O) groups is 1. The number of aromatic nitrogens is 3. The molecule has 0 aliphatic heterocycles. The molecule has 0 unspecified atom stereocenters. The molecule has 0 radical (unpaired) electrons. The van der Waals surface area contributed by atoms with E-state index in [4.69, 9.17) is 9.47 Å². The van der Waals surface area contributed by atoms with Gasteiger partial charge in [0, 0.05) is 24.2 Å². The Morgan fingerprint density at radius 2 is 1.50 bits per heavy atom. The summed E-state index contributed by atoms with van der Waals surface area (Å²) in [6.45, 7) is 5.61. The summed E-state index contributed by atoms with van der Waals surface area (Å²) in [6, 6.07) is 24.2. The van der Waals surface area contributed by atoms with Gasteiger partial charge in [0.15, 0.2) is 0 Å². The second-order valence-corrected chi connectivity index (χ2v) is 11.0. The maximum atomic E-state index is 14.1. The Bertz CT molecular complexity index is 2010. The molecule has 2 heterocycles. The van der Waals surface area contributed by atoms with Gasteiger partial charge in [-0.1, -0.05) is 60.7 Å². The minimum atomic E-state index is -0.686. The molecule has 5 aromatic rings. The minimum absolute atomic E-state index is 0.190. The molecule has 8 heteroatoms. The van der Waals surface area contributed by atoms with Gasteiger partial charge in [-0.25, -0.2) is 4.79 Å². The highest BCUT2D eigenvalue weighted by Gasteiger charge is 2.20. The van der Waals surface area contributed by atoms with Gasteiger partial charge in [0.2, 0.25) is 0 Å². The number of hydrogen-bond acceptors (Lipinski definition) is 5. The van der Waals surface area contributed by atoms with E-state index in [1.807, 2.05) is 66.7 Å². The first-order chi connectivity index (χ1) is 20.1. The number of methoxy groups -OCH3 is 1. The summed E-state index contributed by atoms with van der Waals surface area (Å²) >= 11 is 0. The van der Waals surface area contributed by atoms with Crippen LogP contribution >= 0.6 is 0 Å². The highest BCUT2D eigenvalue weighted by Crippen LogP contribution is 2.23. The predicted octanol–water partition coefficient (Wildman–Crippen LogP) is 4.00. The number of nitrogens with zero attached hydrogens (tertiary/aromatic N) is 3. The van der Waals surface area contributed by atoms with Gasteiger partial charge < -0.3 is 14.0 Å². The van der Waals surface area contributed by atoms with Crippen molar-refractivity contribution in [2.24, 2.45) is 7.05 Å². The summed E-state index contributed by atoms with van der Waals surface area (Å²) in [5.41, 5.74) is 1.52. The SMILES string of the molecule is COc1ccc(C=c2c(=O)n(Cc3ccccc3)c(=Cc3cn(C(=O)OC(C)(C)C)c4ccccc34)c(=O)n2C)cc1. The van der Waals surface area contributed by atoms with E-state index < -0.39 is 11.7 Å². The van der Waals surface area contributed by atoms with E-state index in [9.17, 15) is 14.4 Å². The number of para-hydroxylation sites is 1. The Balaban J connectivity index is 1.78. The van der Waals surface area contributed by atoms with Crippen LogP contribution in [0.5, 0.6) is 5.75 Å². The van der Waals surface area contributed by atoms with Crippen LogP contribution in [-0.2, 0) is 18.3 Å². The molecule has 0 N–H and O–H groups in total. The molecule has 214 valence electrons. The van der Waals surface area contributed by atoms with Crippen LogP contribution in [0.4, 0.5) is 4.79 Å². The number of fused-ring (bicyclic) bond motifs is 1. The van der Waals surface area contributed by atoms with Crippen molar-refractivity contribution in [2.75, 3.05) is 7.11 Å². The zero-order chi connectivity index (χ0) is 30.0. The predicted molar refractivity (Wildman–Crippen MR) is 164 cm³/mol. The molecule has 0 bridgehead atoms. The summed E-state index contributed by atoms with van der Waals surface area (Å²) in [4.78, 5) is 41.1. The van der Waals surface area contributed by atoms with Crippen molar-refractivity contribution in [3.05, 3.63) is 133 Å². The van der Waals surface area contributed by atoms with Crippen LogP contribution in [0.3, 0.4) is 0 Å². The third-order valence-electron chi connectivity index (χ3n) is 6.87. The molecule has 42 heavy (non-hydrogen) atoms. The van der Waals surface area contributed by atoms with Crippen LogP contribution in [0.2, 0.25) is 0 Å². The smallest absolute Gasteiger partial charge is 0.419 e. The maximum Gasteiger partial charge on any atom is 0.419 e. The van der Waals surface area contributed by atoms with Crippen molar-refractivity contribution in [1.82, 2.24) is 13.7 Å². The fourth-order valence-electron chi connectivity index (χ4n) is 4.80. The quantitative estimate of drug-likeness (QED) is 0.323. The van der Waals surface area contributed by atoms with Gasteiger partial charge in [0.05, 0.1) is 19.2 Å². The van der Waals surface area contributed by atoms with E-state index in [1.165, 1.54) is 13.7 Å². The van der Waals surface area contributed by atoms with Gasteiger partial charge >= 0.3 is 6.09 Å². The third-order valence-corrected chi connectivity index (χ3v) is 6.87. The zero-order valence-corrected chi connectivity index (χ0v) is 24.3. The third kappa shape index (κ3) is 5.83. The Morgan fingerprint density at radius 3 is 2.17 bits per heavy atom. The lowest BCUT2D eigenvalue weighted by molar-refractivity contribution is 0.0544. The van der Waals surface area contributed by atoms with E-state index >= 15 is 0 Å². The van der Waals surface area contributed by atoms with Crippen molar-refractivity contribution < 1.29 is 14.3 Å². The number of benzene rings is 3. The number of hydrogen-bond donors (Lipinski definition) is 0. The fourth-order valence-corrected chi connectivity index (χ4v) is 4.80. The van der Waals surface area contributed by atoms with E-state index in [2.05, 4.69) is 0 Å². The van der Waals surface area contributed by atoms with Gasteiger partial charge in [-0.3, -0.25) is 18.7 Å².